The standard InChI is InChI=1S/C59H47BN2O2/c1-57(2,3)32-17-20-34(21-18-32)62-47-30-51-41(40-27-33(58(4,5)6)19-26-50(40)64-51)28-39(47)36-22-23-38-54-46(25-24-44-53(54)37-14-9-11-15-43(37)59(44,7)8)61-48-31-52-42(35-13-10-12-16-49(35)63-52)29-45(48)60(62)55(36)56(38)61/h9-31H,1-8H3. The van der Waals surface area contributed by atoms with Crippen molar-refractivity contribution in [1.29, 1.82) is 0 Å². The molecule has 64 heavy (non-hydrogen) atoms. The Bertz CT molecular complexity index is 3900. The minimum atomic E-state index is -0.150. The maximum Gasteiger partial charge on any atom is 0.333 e. The molecule has 0 saturated heterocycles. The SMILES string of the molecule is CC(C)(C)c1ccc(N2B3c4cc5c(cc4-n4c6ccc7c(c6c6ccc(c3c64)-c3cc4c(cc32)oc2ccc(C(C)(C)C)cc24)-c2ccccc2C7(C)C)oc2ccccc25)cc1. The Kier molecular flexibility index (Phi) is 6.72. The molecule has 308 valence electrons. The maximum atomic E-state index is 6.82. The van der Waals surface area contributed by atoms with E-state index in [9.17, 15) is 0 Å². The number of hydrogen-bond acceptors (Lipinski definition) is 3. The van der Waals surface area contributed by atoms with E-state index in [-0.39, 0.29) is 23.1 Å². The first-order valence-electron chi connectivity index (χ1n) is 22.9. The van der Waals surface area contributed by atoms with Gasteiger partial charge in [0.2, 0.25) is 0 Å². The van der Waals surface area contributed by atoms with Gasteiger partial charge >= 0.3 is 6.85 Å². The summed E-state index contributed by atoms with van der Waals surface area (Å²) in [5, 5.41) is 7.18. The monoisotopic (exact) mass is 826 g/mol. The molecule has 11 aromatic rings. The van der Waals surface area contributed by atoms with E-state index in [1.165, 1.54) is 77.2 Å². The van der Waals surface area contributed by atoms with Crippen LogP contribution in [0.2, 0.25) is 0 Å². The number of hydrogen-bond donors (Lipinski definition) is 0. The summed E-state index contributed by atoms with van der Waals surface area (Å²) in [7, 11) is 0. The van der Waals surface area contributed by atoms with E-state index >= 15 is 0 Å². The number of fused-ring (bicyclic) bond motifs is 18. The van der Waals surface area contributed by atoms with Gasteiger partial charge in [-0.25, -0.2) is 0 Å². The second-order valence-corrected chi connectivity index (χ2v) is 21.3. The zero-order chi connectivity index (χ0) is 43.3. The lowest BCUT2D eigenvalue weighted by atomic mass is 9.44. The molecule has 5 heterocycles. The van der Waals surface area contributed by atoms with Crippen molar-refractivity contribution in [3.63, 3.8) is 0 Å². The molecular weight excluding hydrogens is 779 g/mol. The fraction of sp³-hybridized carbons (Fsp3) is 0.186. The second kappa shape index (κ2) is 11.8. The van der Waals surface area contributed by atoms with Crippen molar-refractivity contribution in [2.75, 3.05) is 4.81 Å². The van der Waals surface area contributed by atoms with Gasteiger partial charge in [0.15, 0.2) is 0 Å². The molecule has 0 radical (unpaired) electrons. The van der Waals surface area contributed by atoms with Crippen molar-refractivity contribution < 1.29 is 8.83 Å². The largest absolute Gasteiger partial charge is 0.456 e. The van der Waals surface area contributed by atoms with Crippen LogP contribution in [-0.4, -0.2) is 11.4 Å². The Morgan fingerprint density at radius 3 is 1.95 bits per heavy atom. The van der Waals surface area contributed by atoms with Crippen LogP contribution in [0.4, 0.5) is 11.4 Å². The molecule has 0 bridgehead atoms. The molecular formula is C59H47BN2O2. The van der Waals surface area contributed by atoms with E-state index in [4.69, 9.17) is 8.83 Å². The van der Waals surface area contributed by atoms with Gasteiger partial charge in [0, 0.05) is 72.5 Å². The Labute approximate surface area is 372 Å². The fourth-order valence-corrected chi connectivity index (χ4v) is 12.0. The summed E-state index contributed by atoms with van der Waals surface area (Å²) in [5.41, 5.74) is 22.6. The van der Waals surface area contributed by atoms with E-state index in [1.54, 1.807) is 0 Å². The summed E-state index contributed by atoms with van der Waals surface area (Å²) in [6, 6.07) is 52.8. The van der Waals surface area contributed by atoms with E-state index in [1.807, 2.05) is 0 Å². The van der Waals surface area contributed by atoms with Crippen molar-refractivity contribution in [3.05, 3.63) is 162 Å². The highest BCUT2D eigenvalue weighted by molar-refractivity contribution is 6.94. The van der Waals surface area contributed by atoms with Crippen molar-refractivity contribution >= 4 is 94.8 Å². The Morgan fingerprint density at radius 2 is 1.17 bits per heavy atom. The van der Waals surface area contributed by atoms with Gasteiger partial charge in [0.05, 0.1) is 11.0 Å². The highest BCUT2D eigenvalue weighted by Crippen LogP contribution is 2.55. The topological polar surface area (TPSA) is 34.5 Å². The van der Waals surface area contributed by atoms with Crippen LogP contribution in [-0.2, 0) is 16.2 Å². The molecule has 8 aromatic carbocycles. The summed E-state index contributed by atoms with van der Waals surface area (Å²) >= 11 is 0. The predicted octanol–water partition coefficient (Wildman–Crippen LogP) is 14.7. The van der Waals surface area contributed by atoms with Gasteiger partial charge in [0.25, 0.3) is 0 Å². The lowest BCUT2D eigenvalue weighted by Gasteiger charge is -2.42. The fourth-order valence-electron chi connectivity index (χ4n) is 12.0. The first-order chi connectivity index (χ1) is 30.8. The van der Waals surface area contributed by atoms with Gasteiger partial charge in [-0.1, -0.05) is 140 Å². The molecule has 2 aliphatic heterocycles. The smallest absolute Gasteiger partial charge is 0.333 e. The number of benzene rings is 8. The van der Waals surface area contributed by atoms with Crippen LogP contribution in [0, 0.1) is 0 Å². The summed E-state index contributed by atoms with van der Waals surface area (Å²) in [5.74, 6) is 0. The summed E-state index contributed by atoms with van der Waals surface area (Å²) in [6.07, 6.45) is 0. The lowest BCUT2D eigenvalue weighted by molar-refractivity contribution is 0.590. The lowest BCUT2D eigenvalue weighted by Crippen LogP contribution is -2.60. The molecule has 0 unspecified atom stereocenters. The van der Waals surface area contributed by atoms with Gasteiger partial charge in [-0.2, -0.15) is 0 Å². The molecule has 3 aliphatic rings. The summed E-state index contributed by atoms with van der Waals surface area (Å²) in [4.78, 5) is 2.62. The van der Waals surface area contributed by atoms with Gasteiger partial charge in [0.1, 0.15) is 22.3 Å². The van der Waals surface area contributed by atoms with Gasteiger partial charge in [-0.3, -0.25) is 0 Å². The molecule has 5 heteroatoms. The molecule has 14 rings (SSSR count). The normalized spacial score (nSPS) is 14.9. The average Bonchev–Trinajstić information content (AvgIpc) is 4.00. The molecule has 0 spiro atoms. The summed E-state index contributed by atoms with van der Waals surface area (Å²) in [6.45, 7) is 18.4. The second-order valence-electron chi connectivity index (χ2n) is 21.3. The molecule has 0 amide bonds. The van der Waals surface area contributed by atoms with Gasteiger partial charge < -0.3 is 18.2 Å². The number of aromatic nitrogens is 1. The average molecular weight is 827 g/mol. The Hall–Kier alpha value is -6.98. The van der Waals surface area contributed by atoms with E-state index in [0.29, 0.717) is 0 Å². The molecule has 1 aliphatic carbocycles. The van der Waals surface area contributed by atoms with E-state index in [2.05, 4.69) is 204 Å². The molecule has 3 aromatic heterocycles. The Balaban J connectivity index is 1.16. The zero-order valence-corrected chi connectivity index (χ0v) is 37.6. The van der Waals surface area contributed by atoms with Crippen molar-refractivity contribution in [2.24, 2.45) is 0 Å². The van der Waals surface area contributed by atoms with Crippen molar-refractivity contribution in [1.82, 2.24) is 4.57 Å². The third-order valence-corrected chi connectivity index (χ3v) is 15.3. The van der Waals surface area contributed by atoms with E-state index in [0.717, 1.165) is 60.9 Å². The first-order valence-corrected chi connectivity index (χ1v) is 22.9. The van der Waals surface area contributed by atoms with Crippen LogP contribution in [0.5, 0.6) is 0 Å². The highest BCUT2D eigenvalue weighted by Gasteiger charge is 2.46. The number of anilines is 2. The zero-order valence-electron chi connectivity index (χ0n) is 37.6. The van der Waals surface area contributed by atoms with Crippen LogP contribution in [0.3, 0.4) is 0 Å². The van der Waals surface area contributed by atoms with Gasteiger partial charge in [-0.15, -0.1) is 0 Å². The number of rotatable bonds is 1. The first kappa shape index (κ1) is 36.5. The molecule has 0 saturated carbocycles. The predicted molar refractivity (Wildman–Crippen MR) is 269 cm³/mol. The van der Waals surface area contributed by atoms with Crippen LogP contribution >= 0.6 is 0 Å². The quantitative estimate of drug-likeness (QED) is 0.155. The van der Waals surface area contributed by atoms with E-state index < -0.39 is 0 Å². The molecule has 4 nitrogen and oxygen atoms in total. The maximum absolute atomic E-state index is 6.82. The molecule has 0 atom stereocenters. The van der Waals surface area contributed by atoms with Crippen LogP contribution in [0.25, 0.3) is 93.6 Å². The molecule has 0 fully saturated rings. The Morgan fingerprint density at radius 1 is 0.500 bits per heavy atom. The number of para-hydroxylation sites is 1. The number of nitrogens with zero attached hydrogens (tertiary/aromatic N) is 2. The van der Waals surface area contributed by atoms with Crippen LogP contribution in [0.1, 0.15) is 77.6 Å². The highest BCUT2D eigenvalue weighted by atomic mass is 16.3. The minimum Gasteiger partial charge on any atom is -0.456 e. The van der Waals surface area contributed by atoms with Crippen molar-refractivity contribution in [3.8, 4) is 27.9 Å². The van der Waals surface area contributed by atoms with Crippen LogP contribution < -0.4 is 15.7 Å². The van der Waals surface area contributed by atoms with Crippen LogP contribution in [0.15, 0.2) is 148 Å². The van der Waals surface area contributed by atoms with Crippen molar-refractivity contribution in [2.45, 2.75) is 71.6 Å². The molecule has 0 N–H and O–H groups in total. The van der Waals surface area contributed by atoms with Gasteiger partial charge in [-0.05, 0) is 103 Å². The minimum absolute atomic E-state index is 0.00682. The third-order valence-electron chi connectivity index (χ3n) is 15.3. The summed E-state index contributed by atoms with van der Waals surface area (Å²) < 4.78 is 16.1. The number of furan rings is 2. The third kappa shape index (κ3) is 4.54.